The van der Waals surface area contributed by atoms with Crippen LogP contribution in [0.3, 0.4) is 0 Å². The number of ether oxygens (including phenoxy) is 3. The van der Waals surface area contributed by atoms with Gasteiger partial charge < -0.3 is 24.5 Å². The van der Waals surface area contributed by atoms with E-state index in [-0.39, 0.29) is 12.5 Å². The molecular formula is C33H37F3N4O3. The first-order valence-corrected chi connectivity index (χ1v) is 14.8. The molecular weight excluding hydrogens is 557 g/mol. The fraction of sp³-hybridized carbons (Fsp3) is 0.394. The van der Waals surface area contributed by atoms with E-state index in [4.69, 9.17) is 15.2 Å². The number of aromatic nitrogens is 1. The van der Waals surface area contributed by atoms with Crippen LogP contribution in [0, 0.1) is 0 Å². The Morgan fingerprint density at radius 2 is 1.53 bits per heavy atom. The smallest absolute Gasteiger partial charge is 0.454 e. The van der Waals surface area contributed by atoms with E-state index < -0.39 is 6.36 Å². The molecule has 0 atom stereocenters. The molecule has 1 aromatic heterocycles. The van der Waals surface area contributed by atoms with Crippen LogP contribution in [0.5, 0.6) is 17.2 Å². The number of halogens is 3. The Bertz CT molecular complexity index is 1580. The summed E-state index contributed by atoms with van der Waals surface area (Å²) in [6, 6.07) is 17.4. The number of nitrogens with zero attached hydrogens (tertiary/aromatic N) is 3. The van der Waals surface area contributed by atoms with Crippen molar-refractivity contribution in [3.63, 3.8) is 0 Å². The zero-order valence-electron chi connectivity index (χ0n) is 24.3. The Labute approximate surface area is 249 Å². The monoisotopic (exact) mass is 594 g/mol. The third-order valence-electron chi connectivity index (χ3n) is 8.24. The van der Waals surface area contributed by atoms with Crippen LogP contribution in [0.2, 0.25) is 0 Å². The van der Waals surface area contributed by atoms with E-state index in [0.717, 1.165) is 91.3 Å². The van der Waals surface area contributed by atoms with E-state index in [9.17, 15) is 13.2 Å². The van der Waals surface area contributed by atoms with Crippen LogP contribution in [0.25, 0.3) is 22.0 Å². The summed E-state index contributed by atoms with van der Waals surface area (Å²) in [5.41, 5.74) is 12.1. The number of aryl methyl sites for hydroxylation is 2. The summed E-state index contributed by atoms with van der Waals surface area (Å²) < 4.78 is 56.0. The molecule has 3 aromatic carbocycles. The lowest BCUT2D eigenvalue weighted by Crippen LogP contribution is -2.45. The van der Waals surface area contributed by atoms with Gasteiger partial charge in [0.25, 0.3) is 0 Å². The Balaban J connectivity index is 1.19. The molecule has 0 bridgehead atoms. The molecule has 3 heterocycles. The summed E-state index contributed by atoms with van der Waals surface area (Å²) in [6.45, 7) is 9.18. The lowest BCUT2D eigenvalue weighted by Gasteiger charge is -2.34. The zero-order valence-corrected chi connectivity index (χ0v) is 24.3. The first-order chi connectivity index (χ1) is 20.8. The maximum Gasteiger partial charge on any atom is 0.573 e. The molecule has 2 N–H and O–H groups in total. The van der Waals surface area contributed by atoms with Gasteiger partial charge in [0.1, 0.15) is 5.75 Å². The van der Waals surface area contributed by atoms with Gasteiger partial charge in [0.2, 0.25) is 6.79 Å². The number of alkyl halides is 3. The fourth-order valence-corrected chi connectivity index (χ4v) is 6.09. The zero-order chi connectivity index (χ0) is 30.0. The van der Waals surface area contributed by atoms with E-state index in [0.29, 0.717) is 13.0 Å². The second-order valence-electron chi connectivity index (χ2n) is 11.2. The van der Waals surface area contributed by atoms with Gasteiger partial charge in [0.15, 0.2) is 11.5 Å². The maximum atomic E-state index is 12.9. The standard InChI is InChI=1S/C33H37F3N4O3/c1-2-25-18-26(43-33(34,35)36)6-7-27(25)29-21-40(11-3-10-37)30-8-4-23(16-28(29)30)19-38-12-14-39(15-13-38)20-24-5-9-31-32(17-24)42-22-41-31/h4-9,16-18,21H,2-3,10-15,19-20,22,37H2,1H3. The van der Waals surface area contributed by atoms with Gasteiger partial charge >= 0.3 is 6.36 Å². The highest BCUT2D eigenvalue weighted by Crippen LogP contribution is 2.37. The van der Waals surface area contributed by atoms with Gasteiger partial charge in [0.05, 0.1) is 0 Å². The molecule has 6 rings (SSSR count). The topological polar surface area (TPSA) is 65.1 Å². The Morgan fingerprint density at radius 1 is 0.837 bits per heavy atom. The van der Waals surface area contributed by atoms with Crippen LogP contribution in [-0.2, 0) is 26.1 Å². The number of hydrogen-bond acceptors (Lipinski definition) is 6. The largest absolute Gasteiger partial charge is 0.573 e. The number of piperazine rings is 1. The number of benzene rings is 3. The molecule has 0 radical (unpaired) electrons. The first-order valence-electron chi connectivity index (χ1n) is 14.8. The van der Waals surface area contributed by atoms with Gasteiger partial charge in [-0.05, 0) is 78.0 Å². The van der Waals surface area contributed by atoms with E-state index in [1.165, 1.54) is 23.3 Å². The van der Waals surface area contributed by atoms with Crippen molar-refractivity contribution in [1.82, 2.24) is 14.4 Å². The number of hydrogen-bond donors (Lipinski definition) is 1. The molecule has 0 unspecified atom stereocenters. The van der Waals surface area contributed by atoms with Crippen LogP contribution in [-0.4, -0.2) is 60.2 Å². The third kappa shape index (κ3) is 6.76. The molecule has 7 nitrogen and oxygen atoms in total. The molecule has 2 aliphatic heterocycles. The molecule has 2 aliphatic rings. The van der Waals surface area contributed by atoms with Crippen molar-refractivity contribution in [2.24, 2.45) is 5.73 Å². The molecule has 1 saturated heterocycles. The molecule has 10 heteroatoms. The van der Waals surface area contributed by atoms with Gasteiger partial charge in [-0.2, -0.15) is 0 Å². The minimum atomic E-state index is -4.73. The van der Waals surface area contributed by atoms with E-state index in [1.807, 2.05) is 13.0 Å². The van der Waals surface area contributed by atoms with Gasteiger partial charge in [-0.1, -0.05) is 25.1 Å². The van der Waals surface area contributed by atoms with Gasteiger partial charge in [-0.25, -0.2) is 0 Å². The quantitative estimate of drug-likeness (QED) is 0.237. The summed E-state index contributed by atoms with van der Waals surface area (Å²) in [4.78, 5) is 4.94. The molecule has 228 valence electrons. The predicted octanol–water partition coefficient (Wildman–Crippen LogP) is 6.16. The summed E-state index contributed by atoms with van der Waals surface area (Å²) >= 11 is 0. The van der Waals surface area contributed by atoms with Crippen LogP contribution in [0.1, 0.15) is 30.0 Å². The van der Waals surface area contributed by atoms with E-state index >= 15 is 0 Å². The highest BCUT2D eigenvalue weighted by atomic mass is 19.4. The van der Waals surface area contributed by atoms with E-state index in [2.05, 4.69) is 55.6 Å². The third-order valence-corrected chi connectivity index (χ3v) is 8.24. The summed E-state index contributed by atoms with van der Waals surface area (Å²) in [5, 5.41) is 1.09. The Kier molecular flexibility index (Phi) is 8.52. The van der Waals surface area contributed by atoms with Crippen LogP contribution < -0.4 is 19.9 Å². The van der Waals surface area contributed by atoms with Gasteiger partial charge in [0, 0.05) is 68.5 Å². The average Bonchev–Trinajstić information content (AvgIpc) is 3.60. The predicted molar refractivity (Wildman–Crippen MR) is 160 cm³/mol. The lowest BCUT2D eigenvalue weighted by atomic mass is 9.96. The van der Waals surface area contributed by atoms with Crippen molar-refractivity contribution in [2.75, 3.05) is 39.5 Å². The summed E-state index contributed by atoms with van der Waals surface area (Å²) in [6.07, 6.45) is -1.20. The summed E-state index contributed by atoms with van der Waals surface area (Å²) in [5.74, 6) is 1.43. The Morgan fingerprint density at radius 3 is 2.23 bits per heavy atom. The first kappa shape index (κ1) is 29.3. The second-order valence-corrected chi connectivity index (χ2v) is 11.2. The summed E-state index contributed by atoms with van der Waals surface area (Å²) in [7, 11) is 0. The number of rotatable bonds is 10. The second kappa shape index (κ2) is 12.5. The SMILES string of the molecule is CCc1cc(OC(F)(F)F)ccc1-c1cn(CCCN)c2ccc(CN3CCN(Cc4ccc5c(c4)OCO5)CC3)cc12. The normalized spacial score (nSPS) is 15.8. The number of nitrogens with two attached hydrogens (primary N) is 1. The van der Waals surface area contributed by atoms with Crippen molar-refractivity contribution >= 4 is 10.9 Å². The molecule has 1 fully saturated rings. The van der Waals surface area contributed by atoms with Crippen molar-refractivity contribution in [2.45, 2.75) is 45.8 Å². The van der Waals surface area contributed by atoms with Crippen molar-refractivity contribution in [1.29, 1.82) is 0 Å². The highest BCUT2D eigenvalue weighted by Gasteiger charge is 2.31. The van der Waals surface area contributed by atoms with Gasteiger partial charge in [-0.15, -0.1) is 13.2 Å². The van der Waals surface area contributed by atoms with Gasteiger partial charge in [-0.3, -0.25) is 9.80 Å². The van der Waals surface area contributed by atoms with Crippen molar-refractivity contribution < 1.29 is 27.4 Å². The molecule has 0 spiro atoms. The fourth-order valence-electron chi connectivity index (χ4n) is 6.09. The Hall–Kier alpha value is -3.73. The molecule has 4 aromatic rings. The van der Waals surface area contributed by atoms with Crippen LogP contribution >= 0.6 is 0 Å². The molecule has 43 heavy (non-hydrogen) atoms. The van der Waals surface area contributed by atoms with Crippen molar-refractivity contribution in [3.05, 3.63) is 77.5 Å². The number of fused-ring (bicyclic) bond motifs is 2. The van der Waals surface area contributed by atoms with Crippen LogP contribution in [0.15, 0.2) is 60.8 Å². The molecule has 0 aliphatic carbocycles. The minimum Gasteiger partial charge on any atom is -0.454 e. The highest BCUT2D eigenvalue weighted by molar-refractivity contribution is 5.97. The molecule has 0 saturated carbocycles. The van der Waals surface area contributed by atoms with Crippen molar-refractivity contribution in [3.8, 4) is 28.4 Å². The lowest BCUT2D eigenvalue weighted by molar-refractivity contribution is -0.274. The minimum absolute atomic E-state index is 0.196. The maximum absolute atomic E-state index is 12.9. The van der Waals surface area contributed by atoms with E-state index in [1.54, 1.807) is 6.07 Å². The van der Waals surface area contributed by atoms with Crippen LogP contribution in [0.4, 0.5) is 13.2 Å². The average molecular weight is 595 g/mol. The molecule has 0 amide bonds.